The zero-order valence-electron chi connectivity index (χ0n) is 29.4. The number of carbonyl (C=O) groups is 8. The van der Waals surface area contributed by atoms with Gasteiger partial charge < -0.3 is 52.1 Å². The zero-order chi connectivity index (χ0) is 38.1. The lowest BCUT2D eigenvalue weighted by atomic mass is 9.96. The normalized spacial score (nSPS) is 29.3. The maximum Gasteiger partial charge on any atom is 0.311 e. The largest absolute Gasteiger partial charge is 0.463 e. The summed E-state index contributed by atoms with van der Waals surface area (Å²) in [5.74, 6) is -6.91. The van der Waals surface area contributed by atoms with Gasteiger partial charge in [-0.2, -0.15) is 0 Å². The molecule has 0 aromatic rings. The molecule has 0 N–H and O–H groups in total. The van der Waals surface area contributed by atoms with Crippen LogP contribution in [0.2, 0.25) is 0 Å². The van der Waals surface area contributed by atoms with Crippen LogP contribution < -0.4 is 0 Å². The molecule has 2 fully saturated rings. The van der Waals surface area contributed by atoms with Gasteiger partial charge >= 0.3 is 47.8 Å². The third-order valence-corrected chi connectivity index (χ3v) is 6.70. The lowest BCUT2D eigenvalue weighted by molar-refractivity contribution is -0.377. The van der Waals surface area contributed by atoms with Crippen molar-refractivity contribution in [2.45, 2.75) is 131 Å². The van der Waals surface area contributed by atoms with Crippen LogP contribution in [0.4, 0.5) is 0 Å². The number of carbonyl (C=O) groups excluding carboxylic acids is 8. The van der Waals surface area contributed by atoms with Crippen LogP contribution in [0.25, 0.3) is 0 Å². The molecular formula is C31H44O19. The van der Waals surface area contributed by atoms with Crippen molar-refractivity contribution in [3.05, 3.63) is 0 Å². The molecule has 0 spiro atoms. The second-order valence-electron chi connectivity index (χ2n) is 12.3. The summed E-state index contributed by atoms with van der Waals surface area (Å²) in [4.78, 5) is 97.9. The number of hydrogen-bond donors (Lipinski definition) is 0. The summed E-state index contributed by atoms with van der Waals surface area (Å²) in [6, 6.07) is 0. The minimum absolute atomic E-state index is 0.591. The van der Waals surface area contributed by atoms with E-state index >= 15 is 0 Å². The van der Waals surface area contributed by atoms with Crippen LogP contribution in [0.5, 0.6) is 0 Å². The molecular weight excluding hydrogens is 676 g/mol. The minimum atomic E-state index is -1.85. The van der Waals surface area contributed by atoms with E-state index in [4.69, 9.17) is 52.1 Å². The Kier molecular flexibility index (Phi) is 15.1. The van der Waals surface area contributed by atoms with Gasteiger partial charge in [0.2, 0.25) is 12.6 Å². The highest BCUT2D eigenvalue weighted by Crippen LogP contribution is 2.35. The monoisotopic (exact) mass is 720 g/mol. The van der Waals surface area contributed by atoms with Gasteiger partial charge in [0.25, 0.3) is 0 Å². The first kappa shape index (κ1) is 41.8. The first-order chi connectivity index (χ1) is 23.1. The Labute approximate surface area is 287 Å². The van der Waals surface area contributed by atoms with E-state index in [0.717, 1.165) is 48.5 Å². The molecule has 2 heterocycles. The van der Waals surface area contributed by atoms with Crippen molar-refractivity contribution in [2.24, 2.45) is 5.41 Å². The quantitative estimate of drug-likeness (QED) is 0.193. The van der Waals surface area contributed by atoms with E-state index in [-0.39, 0.29) is 0 Å². The number of hydrogen-bond acceptors (Lipinski definition) is 19. The van der Waals surface area contributed by atoms with E-state index in [2.05, 4.69) is 0 Å². The van der Waals surface area contributed by atoms with Crippen LogP contribution in [0.3, 0.4) is 0 Å². The Morgan fingerprint density at radius 2 is 0.740 bits per heavy atom. The lowest BCUT2D eigenvalue weighted by Gasteiger charge is -2.48. The zero-order valence-corrected chi connectivity index (χ0v) is 29.4. The van der Waals surface area contributed by atoms with Crippen molar-refractivity contribution >= 4 is 47.8 Å². The smallest absolute Gasteiger partial charge is 0.311 e. The van der Waals surface area contributed by atoms with E-state index in [1.54, 1.807) is 20.8 Å². The van der Waals surface area contributed by atoms with Crippen molar-refractivity contribution in [1.82, 2.24) is 0 Å². The number of esters is 8. The lowest BCUT2D eigenvalue weighted by Crippen LogP contribution is -2.67. The van der Waals surface area contributed by atoms with Crippen molar-refractivity contribution in [1.29, 1.82) is 0 Å². The summed E-state index contributed by atoms with van der Waals surface area (Å²) >= 11 is 0. The minimum Gasteiger partial charge on any atom is -0.463 e. The van der Waals surface area contributed by atoms with E-state index in [1.165, 1.54) is 0 Å². The number of rotatable bonds is 12. The Balaban J connectivity index is 2.72. The molecule has 282 valence electrons. The molecule has 19 heteroatoms. The molecule has 0 aromatic carbocycles. The molecule has 0 aromatic heterocycles. The van der Waals surface area contributed by atoms with Gasteiger partial charge in [-0.25, -0.2) is 0 Å². The molecule has 0 aliphatic carbocycles. The first-order valence-corrected chi connectivity index (χ1v) is 15.4. The molecule has 2 rings (SSSR count). The molecule has 19 nitrogen and oxygen atoms in total. The standard InChI is InChI=1S/C31H44O19/c1-13(32)40-11-20-22(42-14(2)33)24(44-16(4)35)26(46-18(6)37)28(48-20)50-29-27(47-19(7)38)25(45-17(5)36)23(43-15(3)34)21(49-29)12-41-30(39)31(8,9)10/h20-29H,11-12H2,1-10H3/t20-,21-,22-,23-,24+,25+,26-,27-,28-,29-/m1/s1. The van der Waals surface area contributed by atoms with Crippen molar-refractivity contribution in [2.75, 3.05) is 13.2 Å². The van der Waals surface area contributed by atoms with Crippen molar-refractivity contribution < 1.29 is 90.5 Å². The van der Waals surface area contributed by atoms with Gasteiger partial charge in [-0.05, 0) is 20.8 Å². The van der Waals surface area contributed by atoms with Crippen LogP contribution in [0.15, 0.2) is 0 Å². The molecule has 2 saturated heterocycles. The maximum atomic E-state index is 12.7. The fourth-order valence-electron chi connectivity index (χ4n) is 4.90. The fourth-order valence-corrected chi connectivity index (χ4v) is 4.90. The SMILES string of the molecule is CC(=O)OC[C@H]1O[C@H](O[C@H]2O[C@H](COC(=O)C(C)(C)C)[C@@H](OC(C)=O)[C@H](OC(C)=O)[C@H]2OC(C)=O)[C@H](OC(C)=O)[C@@H](OC(C)=O)[C@@H]1OC(C)=O. The third kappa shape index (κ3) is 12.5. The number of ether oxygens (including phenoxy) is 11. The topological polar surface area (TPSA) is 238 Å². The van der Waals surface area contributed by atoms with Crippen LogP contribution >= 0.6 is 0 Å². The highest BCUT2D eigenvalue weighted by atomic mass is 16.8. The van der Waals surface area contributed by atoms with Gasteiger partial charge in [0.05, 0.1) is 5.41 Å². The Morgan fingerprint density at radius 1 is 0.440 bits per heavy atom. The van der Waals surface area contributed by atoms with Crippen molar-refractivity contribution in [3.63, 3.8) is 0 Å². The predicted molar refractivity (Wildman–Crippen MR) is 159 cm³/mol. The average Bonchev–Trinajstić information content (AvgIpc) is 2.95. The summed E-state index contributed by atoms with van der Waals surface area (Å²) in [7, 11) is 0. The van der Waals surface area contributed by atoms with Crippen LogP contribution in [0.1, 0.15) is 69.2 Å². The van der Waals surface area contributed by atoms with Crippen LogP contribution in [-0.2, 0) is 90.5 Å². The summed E-state index contributed by atoms with van der Waals surface area (Å²) in [5, 5.41) is 0. The highest BCUT2D eigenvalue weighted by Gasteiger charge is 2.57. The van der Waals surface area contributed by atoms with Gasteiger partial charge in [-0.15, -0.1) is 0 Å². The van der Waals surface area contributed by atoms with E-state index in [9.17, 15) is 38.4 Å². The second kappa shape index (κ2) is 18.0. The molecule has 0 unspecified atom stereocenters. The van der Waals surface area contributed by atoms with Crippen LogP contribution in [0, 0.1) is 5.41 Å². The highest BCUT2D eigenvalue weighted by molar-refractivity contribution is 5.75. The molecule has 0 radical (unpaired) electrons. The van der Waals surface area contributed by atoms with E-state index in [0.29, 0.717) is 0 Å². The van der Waals surface area contributed by atoms with E-state index in [1.807, 2.05) is 0 Å². The second-order valence-corrected chi connectivity index (χ2v) is 12.3. The van der Waals surface area contributed by atoms with Gasteiger partial charge in [-0.3, -0.25) is 38.4 Å². The van der Waals surface area contributed by atoms with Gasteiger partial charge in [0, 0.05) is 48.5 Å². The maximum absolute atomic E-state index is 12.7. The molecule has 0 bridgehead atoms. The molecule has 0 saturated carbocycles. The van der Waals surface area contributed by atoms with Gasteiger partial charge in [0.15, 0.2) is 36.6 Å². The predicted octanol–water partition coefficient (Wildman–Crippen LogP) is 0.195. The third-order valence-electron chi connectivity index (χ3n) is 6.70. The van der Waals surface area contributed by atoms with Crippen LogP contribution in [-0.4, -0.2) is 122 Å². The molecule has 2 aliphatic rings. The summed E-state index contributed by atoms with van der Waals surface area (Å²) in [5.41, 5.74) is -0.981. The van der Waals surface area contributed by atoms with Crippen molar-refractivity contribution in [3.8, 4) is 0 Å². The fraction of sp³-hybridized carbons (Fsp3) is 0.742. The Hall–Kier alpha value is -4.36. The van der Waals surface area contributed by atoms with Gasteiger partial charge in [-0.1, -0.05) is 0 Å². The summed E-state index contributed by atoms with van der Waals surface area (Å²) < 4.78 is 61.1. The summed E-state index contributed by atoms with van der Waals surface area (Å²) in [6.45, 7) is 10.8. The molecule has 50 heavy (non-hydrogen) atoms. The molecule has 2 aliphatic heterocycles. The van der Waals surface area contributed by atoms with Gasteiger partial charge in [0.1, 0.15) is 25.4 Å². The Bertz CT molecular complexity index is 1290. The van der Waals surface area contributed by atoms with E-state index < -0.39 is 128 Å². The molecule has 10 atom stereocenters. The Morgan fingerprint density at radius 3 is 1.04 bits per heavy atom. The molecule has 0 amide bonds. The average molecular weight is 721 g/mol. The summed E-state index contributed by atoms with van der Waals surface area (Å²) in [6.07, 6.45) is -16.4. The first-order valence-electron chi connectivity index (χ1n) is 15.4.